The Morgan fingerprint density at radius 3 is 2.68 bits per heavy atom. The zero-order valence-corrected chi connectivity index (χ0v) is 12.2. The third-order valence-corrected chi connectivity index (χ3v) is 4.26. The Morgan fingerprint density at radius 2 is 2.16 bits per heavy atom. The highest BCUT2D eigenvalue weighted by molar-refractivity contribution is 7.89. The number of rotatable bonds is 5. The van der Waals surface area contributed by atoms with Gasteiger partial charge in [-0.15, -0.1) is 0 Å². The normalized spacial score (nSPS) is 11.1. The van der Waals surface area contributed by atoms with Crippen LogP contribution in [0.5, 0.6) is 0 Å². The van der Waals surface area contributed by atoms with Crippen molar-refractivity contribution in [2.45, 2.75) is 4.90 Å². The van der Waals surface area contributed by atoms with Gasteiger partial charge >= 0.3 is 5.97 Å². The fourth-order valence-corrected chi connectivity index (χ4v) is 2.79. The molecule has 0 amide bonds. The fourth-order valence-electron chi connectivity index (χ4n) is 1.17. The van der Waals surface area contributed by atoms with Gasteiger partial charge in [0.1, 0.15) is 16.4 Å². The number of benzene rings is 1. The van der Waals surface area contributed by atoms with E-state index in [9.17, 15) is 13.2 Å². The SMILES string of the molecule is COC(=O)CNS(=O)(=O)c1cc(C(N)=S)ccc1Cl. The highest BCUT2D eigenvalue weighted by Crippen LogP contribution is 2.22. The minimum Gasteiger partial charge on any atom is -0.468 e. The molecule has 0 aliphatic carbocycles. The number of nitrogens with one attached hydrogen (secondary N) is 1. The first-order valence-electron chi connectivity index (χ1n) is 4.94. The molecule has 1 aromatic carbocycles. The molecule has 0 aliphatic rings. The molecular weight excluding hydrogens is 312 g/mol. The van der Waals surface area contributed by atoms with Gasteiger partial charge in [0.15, 0.2) is 0 Å². The van der Waals surface area contributed by atoms with E-state index < -0.39 is 22.5 Å². The average molecular weight is 323 g/mol. The van der Waals surface area contributed by atoms with E-state index in [0.717, 1.165) is 7.11 Å². The van der Waals surface area contributed by atoms with Crippen molar-refractivity contribution in [1.29, 1.82) is 0 Å². The summed E-state index contributed by atoms with van der Waals surface area (Å²) in [5.41, 5.74) is 5.78. The van der Waals surface area contributed by atoms with Gasteiger partial charge in [-0.05, 0) is 12.1 Å². The third-order valence-electron chi connectivity index (χ3n) is 2.14. The van der Waals surface area contributed by atoms with Crippen molar-refractivity contribution in [3.63, 3.8) is 0 Å². The van der Waals surface area contributed by atoms with Gasteiger partial charge in [-0.2, -0.15) is 4.72 Å². The first-order valence-corrected chi connectivity index (χ1v) is 7.20. The number of halogens is 1. The van der Waals surface area contributed by atoms with Crippen LogP contribution in [0.15, 0.2) is 23.1 Å². The maximum absolute atomic E-state index is 12.0. The molecule has 0 spiro atoms. The molecule has 104 valence electrons. The second kappa shape index (κ2) is 6.29. The van der Waals surface area contributed by atoms with Crippen LogP contribution in [0.2, 0.25) is 5.02 Å². The Morgan fingerprint density at radius 1 is 1.53 bits per heavy atom. The van der Waals surface area contributed by atoms with Crippen LogP contribution in [-0.2, 0) is 19.6 Å². The second-order valence-electron chi connectivity index (χ2n) is 3.41. The molecule has 0 unspecified atom stereocenters. The standard InChI is InChI=1S/C10H11ClN2O4S2/c1-17-9(14)5-13-19(15,16)8-4-6(10(12)18)2-3-7(8)11/h2-4,13H,5H2,1H3,(H2,12,18). The van der Waals surface area contributed by atoms with Crippen LogP contribution in [-0.4, -0.2) is 33.0 Å². The Hall–Kier alpha value is -1.22. The van der Waals surface area contributed by atoms with E-state index >= 15 is 0 Å². The van der Waals surface area contributed by atoms with Crippen molar-refractivity contribution in [1.82, 2.24) is 4.72 Å². The second-order valence-corrected chi connectivity index (χ2v) is 5.99. The van der Waals surface area contributed by atoms with Crippen LogP contribution >= 0.6 is 23.8 Å². The molecule has 9 heteroatoms. The van der Waals surface area contributed by atoms with Gasteiger partial charge in [-0.25, -0.2) is 8.42 Å². The molecule has 19 heavy (non-hydrogen) atoms. The van der Waals surface area contributed by atoms with E-state index in [1.165, 1.54) is 18.2 Å². The molecule has 1 rings (SSSR count). The topological polar surface area (TPSA) is 98.5 Å². The van der Waals surface area contributed by atoms with E-state index in [2.05, 4.69) is 9.46 Å². The van der Waals surface area contributed by atoms with Crippen LogP contribution in [0.1, 0.15) is 5.56 Å². The summed E-state index contributed by atoms with van der Waals surface area (Å²) < 4.78 is 30.3. The first kappa shape index (κ1) is 15.8. The number of sulfonamides is 1. The summed E-state index contributed by atoms with van der Waals surface area (Å²) in [6.07, 6.45) is 0. The lowest BCUT2D eigenvalue weighted by Gasteiger charge is -2.09. The summed E-state index contributed by atoms with van der Waals surface area (Å²) in [6, 6.07) is 4.11. The number of carbonyl (C=O) groups is 1. The highest BCUT2D eigenvalue weighted by Gasteiger charge is 2.20. The van der Waals surface area contributed by atoms with E-state index in [-0.39, 0.29) is 14.9 Å². The smallest absolute Gasteiger partial charge is 0.320 e. The summed E-state index contributed by atoms with van der Waals surface area (Å²) in [7, 11) is -2.80. The number of nitrogens with two attached hydrogens (primary N) is 1. The summed E-state index contributed by atoms with van der Waals surface area (Å²) in [5.74, 6) is -0.717. The minimum absolute atomic E-state index is 0.00244. The van der Waals surface area contributed by atoms with Crippen molar-refractivity contribution < 1.29 is 17.9 Å². The number of thiocarbonyl (C=S) groups is 1. The molecule has 1 aromatic rings. The Kier molecular flexibility index (Phi) is 5.24. The van der Waals surface area contributed by atoms with Crippen LogP contribution < -0.4 is 10.5 Å². The molecule has 0 saturated heterocycles. The van der Waals surface area contributed by atoms with Gasteiger partial charge in [0, 0.05) is 5.56 Å². The van der Waals surface area contributed by atoms with Gasteiger partial charge in [0.2, 0.25) is 10.0 Å². The Balaban J connectivity index is 3.10. The summed E-state index contributed by atoms with van der Waals surface area (Å²) in [4.78, 5) is 10.8. The maximum atomic E-state index is 12.0. The fraction of sp³-hybridized carbons (Fsp3) is 0.200. The Labute approximate surface area is 120 Å². The number of hydrogen-bond donors (Lipinski definition) is 2. The summed E-state index contributed by atoms with van der Waals surface area (Å²) >= 11 is 10.6. The lowest BCUT2D eigenvalue weighted by Crippen LogP contribution is -2.30. The number of esters is 1. The predicted molar refractivity (Wildman–Crippen MR) is 74.5 cm³/mol. The first-order chi connectivity index (χ1) is 8.77. The number of hydrogen-bond acceptors (Lipinski definition) is 5. The quantitative estimate of drug-likeness (QED) is 0.602. The zero-order valence-electron chi connectivity index (χ0n) is 9.84. The molecular formula is C10H11ClN2O4S2. The van der Waals surface area contributed by atoms with Gasteiger partial charge in [-0.1, -0.05) is 29.9 Å². The van der Waals surface area contributed by atoms with Crippen LogP contribution in [0.25, 0.3) is 0 Å². The van der Waals surface area contributed by atoms with Gasteiger partial charge in [-0.3, -0.25) is 4.79 Å². The largest absolute Gasteiger partial charge is 0.468 e. The molecule has 0 atom stereocenters. The van der Waals surface area contributed by atoms with Crippen molar-refractivity contribution in [3.8, 4) is 0 Å². The van der Waals surface area contributed by atoms with Crippen molar-refractivity contribution in [3.05, 3.63) is 28.8 Å². The zero-order chi connectivity index (χ0) is 14.6. The Bertz CT molecular complexity index is 616. The molecule has 0 saturated carbocycles. The number of carbonyl (C=O) groups excluding carboxylic acids is 1. The summed E-state index contributed by atoms with van der Waals surface area (Å²) in [6.45, 7) is -0.494. The molecule has 0 aromatic heterocycles. The third kappa shape index (κ3) is 4.13. The van der Waals surface area contributed by atoms with Crippen molar-refractivity contribution in [2.75, 3.05) is 13.7 Å². The van der Waals surface area contributed by atoms with Crippen molar-refractivity contribution in [2.24, 2.45) is 5.73 Å². The summed E-state index contributed by atoms with van der Waals surface area (Å²) in [5, 5.41) is -0.00244. The van der Waals surface area contributed by atoms with Crippen molar-refractivity contribution >= 4 is 44.8 Å². The lowest BCUT2D eigenvalue weighted by molar-refractivity contribution is -0.139. The van der Waals surface area contributed by atoms with Crippen LogP contribution in [0, 0.1) is 0 Å². The highest BCUT2D eigenvalue weighted by atomic mass is 35.5. The molecule has 0 heterocycles. The van der Waals surface area contributed by atoms with E-state index in [1.54, 1.807) is 0 Å². The monoisotopic (exact) mass is 322 g/mol. The molecule has 0 fully saturated rings. The van der Waals surface area contributed by atoms with Gasteiger partial charge < -0.3 is 10.5 Å². The molecule has 6 nitrogen and oxygen atoms in total. The lowest BCUT2D eigenvalue weighted by atomic mass is 10.2. The number of ether oxygens (including phenoxy) is 1. The predicted octanol–water partition coefficient (Wildman–Crippen LogP) is 0.425. The molecule has 0 bridgehead atoms. The maximum Gasteiger partial charge on any atom is 0.320 e. The van der Waals surface area contributed by atoms with Crippen LogP contribution in [0.3, 0.4) is 0 Å². The number of methoxy groups -OCH3 is 1. The van der Waals surface area contributed by atoms with Crippen LogP contribution in [0.4, 0.5) is 0 Å². The van der Waals surface area contributed by atoms with Gasteiger partial charge in [0.05, 0.1) is 12.1 Å². The molecule has 0 aliphatic heterocycles. The average Bonchev–Trinajstić information content (AvgIpc) is 2.36. The molecule has 0 radical (unpaired) electrons. The molecule has 3 N–H and O–H groups in total. The van der Waals surface area contributed by atoms with E-state index in [4.69, 9.17) is 29.6 Å². The minimum atomic E-state index is -3.95. The van der Waals surface area contributed by atoms with E-state index in [1.807, 2.05) is 0 Å². The van der Waals surface area contributed by atoms with E-state index in [0.29, 0.717) is 5.56 Å². The van der Waals surface area contributed by atoms with Gasteiger partial charge in [0.25, 0.3) is 0 Å².